The molecular weight excluding hydrogens is 110 g/mol. The Balaban J connectivity index is 3.31. The monoisotopic (exact) mass is 128 g/mol. The SMILES string of the molecule is [CH2]C(C)CN(CC)CC. The second kappa shape index (κ2) is 4.80. The van der Waals surface area contributed by atoms with Gasteiger partial charge in [-0.05, 0) is 25.9 Å². The largest absolute Gasteiger partial charge is 0.304 e. The lowest BCUT2D eigenvalue weighted by Crippen LogP contribution is -2.27. The molecule has 0 rings (SSSR count). The van der Waals surface area contributed by atoms with E-state index in [1.54, 1.807) is 0 Å². The summed E-state index contributed by atoms with van der Waals surface area (Å²) in [5, 5.41) is 0. The fourth-order valence-electron chi connectivity index (χ4n) is 0.923. The highest BCUT2D eigenvalue weighted by atomic mass is 15.1. The molecule has 55 valence electrons. The van der Waals surface area contributed by atoms with E-state index in [0.29, 0.717) is 5.92 Å². The third kappa shape index (κ3) is 4.46. The van der Waals surface area contributed by atoms with Crippen LogP contribution in [0.2, 0.25) is 0 Å². The summed E-state index contributed by atoms with van der Waals surface area (Å²) in [7, 11) is 0. The van der Waals surface area contributed by atoms with Gasteiger partial charge in [0.1, 0.15) is 0 Å². The Morgan fingerprint density at radius 1 is 1.33 bits per heavy atom. The van der Waals surface area contributed by atoms with Crippen LogP contribution in [-0.2, 0) is 0 Å². The molecule has 0 bridgehead atoms. The van der Waals surface area contributed by atoms with Gasteiger partial charge in [-0.15, -0.1) is 0 Å². The molecule has 0 aromatic rings. The Morgan fingerprint density at radius 2 is 1.78 bits per heavy atom. The molecule has 0 spiro atoms. The quantitative estimate of drug-likeness (QED) is 0.558. The van der Waals surface area contributed by atoms with Gasteiger partial charge in [0.25, 0.3) is 0 Å². The maximum absolute atomic E-state index is 3.93. The average molecular weight is 128 g/mol. The number of hydrogen-bond acceptors (Lipinski definition) is 1. The molecule has 0 aromatic carbocycles. The summed E-state index contributed by atoms with van der Waals surface area (Å²) in [6.45, 7) is 13.9. The van der Waals surface area contributed by atoms with Gasteiger partial charge in [-0.1, -0.05) is 20.8 Å². The lowest BCUT2D eigenvalue weighted by atomic mass is 10.2. The van der Waals surface area contributed by atoms with Gasteiger partial charge in [0.05, 0.1) is 0 Å². The molecular formula is C8H18N. The van der Waals surface area contributed by atoms with E-state index >= 15 is 0 Å². The van der Waals surface area contributed by atoms with Crippen molar-refractivity contribution in [1.82, 2.24) is 4.90 Å². The summed E-state index contributed by atoms with van der Waals surface area (Å²) in [6.07, 6.45) is 0. The fraction of sp³-hybridized carbons (Fsp3) is 0.875. The normalized spacial score (nSPS) is 11.3. The predicted octanol–water partition coefficient (Wildman–Crippen LogP) is 1.80. The smallest absolute Gasteiger partial charge is 0.000679 e. The number of rotatable bonds is 4. The maximum atomic E-state index is 3.93. The molecule has 0 saturated carbocycles. The van der Waals surface area contributed by atoms with E-state index < -0.39 is 0 Å². The van der Waals surface area contributed by atoms with Crippen LogP contribution in [0.4, 0.5) is 0 Å². The van der Waals surface area contributed by atoms with E-state index in [9.17, 15) is 0 Å². The molecule has 0 fully saturated rings. The Labute approximate surface area is 59.1 Å². The first-order valence-electron chi connectivity index (χ1n) is 3.76. The maximum Gasteiger partial charge on any atom is 0.000679 e. The molecule has 1 atom stereocenters. The molecule has 1 nitrogen and oxygen atoms in total. The summed E-state index contributed by atoms with van der Waals surface area (Å²) in [4.78, 5) is 2.39. The van der Waals surface area contributed by atoms with Crippen LogP contribution in [0.3, 0.4) is 0 Å². The predicted molar refractivity (Wildman–Crippen MR) is 42.3 cm³/mol. The van der Waals surface area contributed by atoms with Crippen LogP contribution in [0.15, 0.2) is 0 Å². The van der Waals surface area contributed by atoms with Gasteiger partial charge in [0.2, 0.25) is 0 Å². The van der Waals surface area contributed by atoms with Crippen molar-refractivity contribution in [3.05, 3.63) is 6.92 Å². The van der Waals surface area contributed by atoms with Crippen molar-refractivity contribution >= 4 is 0 Å². The third-order valence-electron chi connectivity index (χ3n) is 1.46. The average Bonchev–Trinajstić information content (AvgIpc) is 1.82. The van der Waals surface area contributed by atoms with Gasteiger partial charge in [-0.2, -0.15) is 0 Å². The van der Waals surface area contributed by atoms with Gasteiger partial charge >= 0.3 is 0 Å². The minimum absolute atomic E-state index is 0.560. The van der Waals surface area contributed by atoms with Crippen molar-refractivity contribution in [3.8, 4) is 0 Å². The van der Waals surface area contributed by atoms with E-state index in [0.717, 1.165) is 19.6 Å². The van der Waals surface area contributed by atoms with Gasteiger partial charge in [-0.3, -0.25) is 0 Å². The Morgan fingerprint density at radius 3 is 1.89 bits per heavy atom. The number of hydrogen-bond donors (Lipinski definition) is 0. The molecule has 0 saturated heterocycles. The van der Waals surface area contributed by atoms with Crippen LogP contribution in [0.25, 0.3) is 0 Å². The summed E-state index contributed by atoms with van der Waals surface area (Å²) in [5.41, 5.74) is 0. The second-order valence-corrected chi connectivity index (χ2v) is 2.59. The van der Waals surface area contributed by atoms with Crippen LogP contribution in [-0.4, -0.2) is 24.5 Å². The van der Waals surface area contributed by atoms with Crippen LogP contribution >= 0.6 is 0 Å². The Kier molecular flexibility index (Phi) is 4.78. The zero-order valence-electron chi connectivity index (χ0n) is 6.85. The zero-order valence-corrected chi connectivity index (χ0v) is 6.85. The van der Waals surface area contributed by atoms with Crippen LogP contribution in [0.5, 0.6) is 0 Å². The van der Waals surface area contributed by atoms with Crippen LogP contribution in [0, 0.1) is 12.8 Å². The van der Waals surface area contributed by atoms with Crippen molar-refractivity contribution in [2.75, 3.05) is 19.6 Å². The van der Waals surface area contributed by atoms with Crippen molar-refractivity contribution in [1.29, 1.82) is 0 Å². The number of nitrogens with zero attached hydrogens (tertiary/aromatic N) is 1. The van der Waals surface area contributed by atoms with Gasteiger partial charge in [-0.25, -0.2) is 0 Å². The molecule has 1 radical (unpaired) electrons. The summed E-state index contributed by atoms with van der Waals surface area (Å²) in [5.74, 6) is 0.560. The highest BCUT2D eigenvalue weighted by Crippen LogP contribution is 1.95. The minimum Gasteiger partial charge on any atom is -0.304 e. The summed E-state index contributed by atoms with van der Waals surface area (Å²) < 4.78 is 0. The third-order valence-corrected chi connectivity index (χ3v) is 1.46. The Hall–Kier alpha value is -0.0400. The van der Waals surface area contributed by atoms with Crippen molar-refractivity contribution in [3.63, 3.8) is 0 Å². The van der Waals surface area contributed by atoms with Gasteiger partial charge < -0.3 is 4.90 Å². The first-order chi connectivity index (χ1) is 4.20. The van der Waals surface area contributed by atoms with Crippen molar-refractivity contribution < 1.29 is 0 Å². The first-order valence-corrected chi connectivity index (χ1v) is 3.76. The molecule has 0 aliphatic carbocycles. The van der Waals surface area contributed by atoms with Crippen molar-refractivity contribution in [2.45, 2.75) is 20.8 Å². The van der Waals surface area contributed by atoms with E-state index in [1.165, 1.54) is 0 Å². The van der Waals surface area contributed by atoms with Gasteiger partial charge in [0.15, 0.2) is 0 Å². The Bertz CT molecular complexity index is 55.6. The molecule has 1 unspecified atom stereocenters. The molecule has 9 heavy (non-hydrogen) atoms. The van der Waals surface area contributed by atoms with Gasteiger partial charge in [0, 0.05) is 6.54 Å². The lowest BCUT2D eigenvalue weighted by molar-refractivity contribution is 0.279. The van der Waals surface area contributed by atoms with Crippen molar-refractivity contribution in [2.24, 2.45) is 5.92 Å². The molecule has 0 aliphatic heterocycles. The standard InChI is InChI=1S/C8H18N/c1-5-9(6-2)7-8(3)4/h8H,3,5-7H2,1-2,4H3. The van der Waals surface area contributed by atoms with Crippen LogP contribution in [0.1, 0.15) is 20.8 Å². The molecule has 0 aliphatic rings. The van der Waals surface area contributed by atoms with E-state index in [4.69, 9.17) is 0 Å². The second-order valence-electron chi connectivity index (χ2n) is 2.59. The molecule has 0 aromatic heterocycles. The van der Waals surface area contributed by atoms with E-state index in [-0.39, 0.29) is 0 Å². The summed E-state index contributed by atoms with van der Waals surface area (Å²) in [6, 6.07) is 0. The molecule has 1 heteroatoms. The fourth-order valence-corrected chi connectivity index (χ4v) is 0.923. The highest BCUT2D eigenvalue weighted by molar-refractivity contribution is 4.60. The van der Waals surface area contributed by atoms with E-state index in [2.05, 4.69) is 32.6 Å². The molecule has 0 amide bonds. The topological polar surface area (TPSA) is 3.24 Å². The molecule has 0 heterocycles. The van der Waals surface area contributed by atoms with E-state index in [1.807, 2.05) is 0 Å². The molecule has 0 N–H and O–H groups in total. The first kappa shape index (κ1) is 8.96. The lowest BCUT2D eigenvalue weighted by Gasteiger charge is -2.19. The summed E-state index contributed by atoms with van der Waals surface area (Å²) >= 11 is 0. The van der Waals surface area contributed by atoms with Crippen LogP contribution < -0.4 is 0 Å². The minimum atomic E-state index is 0.560. The zero-order chi connectivity index (χ0) is 7.28. The highest BCUT2D eigenvalue weighted by Gasteiger charge is 2.00.